The second kappa shape index (κ2) is 5.59. The Labute approximate surface area is 123 Å². The van der Waals surface area contributed by atoms with Gasteiger partial charge in [-0.3, -0.25) is 0 Å². The van der Waals surface area contributed by atoms with Crippen LogP contribution in [0.4, 0.5) is 13.2 Å². The van der Waals surface area contributed by atoms with Crippen molar-refractivity contribution < 1.29 is 13.2 Å². The molecule has 2 nitrogen and oxygen atoms in total. The van der Waals surface area contributed by atoms with Crippen molar-refractivity contribution in [2.45, 2.75) is 32.9 Å². The molecule has 3 aliphatic rings. The number of allylic oxidation sites excluding steroid dienone is 5. The Morgan fingerprint density at radius 1 is 1.24 bits per heavy atom. The highest BCUT2D eigenvalue weighted by Crippen LogP contribution is 2.41. The van der Waals surface area contributed by atoms with Gasteiger partial charge in [0.25, 0.3) is 0 Å². The normalized spacial score (nSPS) is 26.7. The van der Waals surface area contributed by atoms with Gasteiger partial charge >= 0.3 is 6.18 Å². The maximum atomic E-state index is 13.2. The zero-order valence-electron chi connectivity index (χ0n) is 12.3. The smallest absolute Gasteiger partial charge is 0.374 e. The van der Waals surface area contributed by atoms with Crippen LogP contribution in [0.2, 0.25) is 0 Å². The number of alkyl halides is 3. The fourth-order valence-corrected chi connectivity index (χ4v) is 3.14. The molecule has 1 saturated carbocycles. The van der Waals surface area contributed by atoms with Gasteiger partial charge in [0.2, 0.25) is 0 Å². The van der Waals surface area contributed by atoms with Crippen molar-refractivity contribution in [1.82, 2.24) is 4.90 Å². The molecule has 0 unspecified atom stereocenters. The number of hydrogen-bond donors (Lipinski definition) is 0. The van der Waals surface area contributed by atoms with Crippen LogP contribution in [0.25, 0.3) is 0 Å². The van der Waals surface area contributed by atoms with Crippen molar-refractivity contribution in [1.29, 1.82) is 5.26 Å². The van der Waals surface area contributed by atoms with E-state index in [1.807, 2.05) is 4.90 Å². The lowest BCUT2D eigenvalue weighted by molar-refractivity contribution is -0.0889. The average molecular weight is 296 g/mol. The molecule has 5 heteroatoms. The number of rotatable bonds is 3. The molecule has 2 heterocycles. The summed E-state index contributed by atoms with van der Waals surface area (Å²) in [4.78, 5) is 2.00. The summed E-state index contributed by atoms with van der Waals surface area (Å²) in [7, 11) is 0. The molecule has 0 aromatic rings. The van der Waals surface area contributed by atoms with Crippen LogP contribution in [0, 0.1) is 23.2 Å². The average Bonchev–Trinajstić information content (AvgIpc) is 2.36. The number of piperidine rings is 2. The molecule has 0 aromatic carbocycles. The van der Waals surface area contributed by atoms with Gasteiger partial charge in [-0.05, 0) is 50.2 Å². The Morgan fingerprint density at radius 3 is 2.14 bits per heavy atom. The molecule has 3 fully saturated rings. The van der Waals surface area contributed by atoms with Crippen LogP contribution in [0.3, 0.4) is 0 Å². The van der Waals surface area contributed by atoms with E-state index in [0.29, 0.717) is 17.5 Å². The third kappa shape index (κ3) is 3.31. The van der Waals surface area contributed by atoms with Crippen LogP contribution in [0.5, 0.6) is 0 Å². The Kier molecular flexibility index (Phi) is 4.18. The molecule has 0 aromatic heterocycles. The van der Waals surface area contributed by atoms with Crippen molar-refractivity contribution in [3.63, 3.8) is 0 Å². The van der Waals surface area contributed by atoms with Gasteiger partial charge in [-0.2, -0.15) is 18.4 Å². The van der Waals surface area contributed by atoms with E-state index in [-0.39, 0.29) is 11.1 Å². The lowest BCUT2D eigenvalue weighted by Gasteiger charge is -2.48. The minimum atomic E-state index is -4.55. The Balaban J connectivity index is 2.32. The van der Waals surface area contributed by atoms with Crippen molar-refractivity contribution in [3.05, 3.63) is 35.1 Å². The van der Waals surface area contributed by atoms with Gasteiger partial charge in [0.15, 0.2) is 0 Å². The summed E-state index contributed by atoms with van der Waals surface area (Å²) < 4.78 is 39.7. The molecule has 1 aliphatic carbocycles. The largest absolute Gasteiger partial charge is 0.417 e. The molecule has 0 atom stereocenters. The van der Waals surface area contributed by atoms with Crippen LogP contribution in [-0.2, 0) is 0 Å². The van der Waals surface area contributed by atoms with E-state index in [1.54, 1.807) is 13.0 Å². The molecular weight excluding hydrogens is 277 g/mol. The Morgan fingerprint density at radius 2 is 1.76 bits per heavy atom. The van der Waals surface area contributed by atoms with Crippen molar-refractivity contribution in [2.75, 3.05) is 13.1 Å². The first-order valence-electron chi connectivity index (χ1n) is 7.03. The fourth-order valence-electron chi connectivity index (χ4n) is 3.14. The van der Waals surface area contributed by atoms with Crippen molar-refractivity contribution in [2.24, 2.45) is 11.8 Å². The number of nitrogens with zero attached hydrogens (tertiary/aromatic N) is 2. The minimum Gasteiger partial charge on any atom is -0.374 e. The van der Waals surface area contributed by atoms with Gasteiger partial charge in [-0.25, -0.2) is 0 Å². The quantitative estimate of drug-likeness (QED) is 0.577. The summed E-state index contributed by atoms with van der Waals surface area (Å²) >= 11 is 0. The molecular formula is C16H19F3N2. The predicted molar refractivity (Wildman–Crippen MR) is 75.1 cm³/mol. The fraction of sp³-hybridized carbons (Fsp3) is 0.562. The van der Waals surface area contributed by atoms with E-state index in [2.05, 4.69) is 6.58 Å². The van der Waals surface area contributed by atoms with Crippen LogP contribution < -0.4 is 0 Å². The van der Waals surface area contributed by atoms with Crippen molar-refractivity contribution >= 4 is 0 Å². The van der Waals surface area contributed by atoms with Gasteiger partial charge < -0.3 is 4.90 Å². The predicted octanol–water partition coefficient (Wildman–Crippen LogP) is 4.19. The first-order valence-corrected chi connectivity index (χ1v) is 7.03. The van der Waals surface area contributed by atoms with E-state index in [1.165, 1.54) is 19.8 Å². The summed E-state index contributed by atoms with van der Waals surface area (Å²) in [5.41, 5.74) is -0.570. The topological polar surface area (TPSA) is 27.0 Å². The van der Waals surface area contributed by atoms with E-state index in [0.717, 1.165) is 19.2 Å². The maximum Gasteiger partial charge on any atom is 0.417 e. The number of fused-ring (bicyclic) bond motifs is 2. The molecule has 3 rings (SSSR count). The van der Waals surface area contributed by atoms with Gasteiger partial charge in [0, 0.05) is 18.8 Å². The number of hydrogen-bond acceptors (Lipinski definition) is 2. The van der Waals surface area contributed by atoms with Crippen LogP contribution in [0.15, 0.2) is 35.1 Å². The second-order valence-electron chi connectivity index (χ2n) is 6.07. The molecule has 2 bridgehead atoms. The summed E-state index contributed by atoms with van der Waals surface area (Å²) in [6.07, 6.45) is -1.07. The molecule has 0 spiro atoms. The van der Waals surface area contributed by atoms with Crippen LogP contribution >= 0.6 is 0 Å². The molecule has 0 N–H and O–H groups in total. The number of nitriles is 1. The molecule has 0 radical (unpaired) electrons. The minimum absolute atomic E-state index is 0.135. The first-order chi connectivity index (χ1) is 9.72. The highest BCUT2D eigenvalue weighted by molar-refractivity contribution is 5.49. The molecule has 2 aliphatic heterocycles. The standard InChI is InChI=1S/C16H19F3N2/c1-10(2)14(7-20)15(16(17,18)19)4-11(3)21-8-12-5-13(6-12)9-21/h4,12-13H,1,5-6,8-9H2,2-3H3/b11-4+,15-14+. The summed E-state index contributed by atoms with van der Waals surface area (Å²) in [5.74, 6) is 1.23. The zero-order valence-corrected chi connectivity index (χ0v) is 12.3. The van der Waals surface area contributed by atoms with Gasteiger partial charge in [0.1, 0.15) is 6.07 Å². The summed E-state index contributed by atoms with van der Waals surface area (Å²) in [5, 5.41) is 8.99. The Bertz CT molecular complexity index is 533. The summed E-state index contributed by atoms with van der Waals surface area (Å²) in [6.45, 7) is 8.22. The molecule has 0 amide bonds. The SMILES string of the molecule is C=C(C)/C(C#N)=C(\C=C(/C)N1CC2CC(C2)C1)C(F)(F)F. The number of halogens is 3. The van der Waals surface area contributed by atoms with E-state index < -0.39 is 11.7 Å². The van der Waals surface area contributed by atoms with Gasteiger partial charge in [0.05, 0.1) is 11.1 Å². The van der Waals surface area contributed by atoms with Gasteiger partial charge in [-0.1, -0.05) is 6.58 Å². The monoisotopic (exact) mass is 296 g/mol. The first kappa shape index (κ1) is 15.7. The van der Waals surface area contributed by atoms with E-state index in [4.69, 9.17) is 5.26 Å². The molecule has 114 valence electrons. The summed E-state index contributed by atoms with van der Waals surface area (Å²) in [6, 6.07) is 1.63. The molecule has 21 heavy (non-hydrogen) atoms. The van der Waals surface area contributed by atoms with E-state index >= 15 is 0 Å². The highest BCUT2D eigenvalue weighted by Gasteiger charge is 2.39. The molecule has 2 saturated heterocycles. The third-order valence-electron chi connectivity index (χ3n) is 4.26. The van der Waals surface area contributed by atoms with Crippen LogP contribution in [0.1, 0.15) is 26.7 Å². The van der Waals surface area contributed by atoms with Crippen molar-refractivity contribution in [3.8, 4) is 6.07 Å². The second-order valence-corrected chi connectivity index (χ2v) is 6.07. The zero-order chi connectivity index (χ0) is 15.8. The Hall–Kier alpha value is -1.70. The lowest BCUT2D eigenvalue weighted by Crippen LogP contribution is -2.47. The maximum absolute atomic E-state index is 13.2. The lowest BCUT2D eigenvalue weighted by atomic mass is 9.71. The van der Waals surface area contributed by atoms with E-state index in [9.17, 15) is 13.2 Å². The third-order valence-corrected chi connectivity index (χ3v) is 4.26. The van der Waals surface area contributed by atoms with Crippen LogP contribution in [-0.4, -0.2) is 24.2 Å². The highest BCUT2D eigenvalue weighted by atomic mass is 19.4. The van der Waals surface area contributed by atoms with Gasteiger partial charge in [-0.15, -0.1) is 0 Å².